The number of hydrogen-bond acceptors (Lipinski definition) is 3. The van der Waals surface area contributed by atoms with Crippen LogP contribution in [0, 0.1) is 0 Å². The van der Waals surface area contributed by atoms with Gasteiger partial charge in [-0.1, -0.05) is 6.54 Å². The summed E-state index contributed by atoms with van der Waals surface area (Å²) < 4.78 is 0. The van der Waals surface area contributed by atoms with Crippen molar-refractivity contribution in [3.63, 3.8) is 0 Å². The van der Waals surface area contributed by atoms with Crippen molar-refractivity contribution in [2.24, 2.45) is 0 Å². The van der Waals surface area contributed by atoms with Crippen molar-refractivity contribution in [1.29, 1.82) is 0 Å². The molecule has 1 heterocycles. The van der Waals surface area contributed by atoms with Crippen molar-refractivity contribution in [1.82, 2.24) is 9.97 Å². The van der Waals surface area contributed by atoms with Crippen LogP contribution in [0.15, 0.2) is 12.5 Å². The molecule has 1 unspecified atom stereocenters. The SMILES string of the molecule is [Cu+2].[NH-]C(Cc1cnc[nH]1)C(=O)O.[NH-]CC(=O)O. The van der Waals surface area contributed by atoms with Gasteiger partial charge in [-0.2, -0.15) is 0 Å². The van der Waals surface area contributed by atoms with Crippen molar-refractivity contribution in [2.45, 2.75) is 12.5 Å². The average molecular weight is 292 g/mol. The summed E-state index contributed by atoms with van der Waals surface area (Å²) in [6, 6.07) is -1.10. The number of imidazole rings is 1. The van der Waals surface area contributed by atoms with E-state index in [0.717, 1.165) is 0 Å². The maximum absolute atomic E-state index is 10.2. The molecule has 8 nitrogen and oxygen atoms in total. The van der Waals surface area contributed by atoms with Gasteiger partial charge in [0.25, 0.3) is 11.9 Å². The molecule has 0 aliphatic rings. The molecule has 0 aliphatic heterocycles. The van der Waals surface area contributed by atoms with E-state index < -0.39 is 24.5 Å². The third-order valence-electron chi connectivity index (χ3n) is 1.43. The Bertz CT molecular complexity index is 330. The minimum atomic E-state index is -1.11. The molecule has 1 aromatic heterocycles. The average Bonchev–Trinajstić information content (AvgIpc) is 2.71. The third-order valence-corrected chi connectivity index (χ3v) is 1.43. The predicted molar refractivity (Wildman–Crippen MR) is 54.9 cm³/mol. The van der Waals surface area contributed by atoms with Gasteiger partial charge in [-0.25, -0.2) is 4.98 Å². The van der Waals surface area contributed by atoms with Gasteiger partial charge in [-0.3, -0.25) is 9.59 Å². The maximum Gasteiger partial charge on any atom is 2.00 e. The molecule has 0 bridgehead atoms. The first-order valence-electron chi connectivity index (χ1n) is 4.25. The first-order chi connectivity index (χ1) is 7.47. The quantitative estimate of drug-likeness (QED) is 0.693. The van der Waals surface area contributed by atoms with Crippen LogP contribution in [0.4, 0.5) is 0 Å². The molecule has 1 atom stereocenters. The number of aromatic amines is 1. The molecule has 1 rings (SSSR count). The van der Waals surface area contributed by atoms with Crippen molar-refractivity contribution in [3.8, 4) is 0 Å². The molecule has 0 saturated heterocycles. The molecule has 0 saturated carbocycles. The molecule has 0 spiro atoms. The number of rotatable bonds is 4. The van der Waals surface area contributed by atoms with E-state index in [0.29, 0.717) is 5.69 Å². The number of carboxylic acid groups (broad SMARTS) is 2. The van der Waals surface area contributed by atoms with E-state index in [1.165, 1.54) is 12.5 Å². The first-order valence-corrected chi connectivity index (χ1v) is 4.25. The minimum Gasteiger partial charge on any atom is -0.668 e. The smallest absolute Gasteiger partial charge is 0.668 e. The molecule has 17 heavy (non-hydrogen) atoms. The predicted octanol–water partition coefficient (Wildman–Crippen LogP) is 0.578. The Morgan fingerprint density at radius 3 is 2.29 bits per heavy atom. The molecule has 0 amide bonds. The molecule has 1 radical (unpaired) electrons. The molecule has 0 fully saturated rings. The standard InChI is InChI=1S/C6H8N3O2.C2H4NO2.Cu/c7-5(6(10)11)1-4-2-8-3-9-4;3-1-2(4)5;/h2-3,5,7H,1H2,(H,8,9)(H,10,11);3H,1H2,(H,4,5);/q2*-1;+2. The van der Waals surface area contributed by atoms with Crippen molar-refractivity contribution >= 4 is 11.9 Å². The van der Waals surface area contributed by atoms with Crippen LogP contribution in [-0.2, 0) is 33.1 Å². The topological polar surface area (TPSA) is 151 Å². The van der Waals surface area contributed by atoms with Crippen molar-refractivity contribution < 1.29 is 36.9 Å². The van der Waals surface area contributed by atoms with Gasteiger partial charge in [0.05, 0.1) is 6.33 Å². The van der Waals surface area contributed by atoms with E-state index in [1.807, 2.05) is 0 Å². The fourth-order valence-electron chi connectivity index (χ4n) is 0.704. The largest absolute Gasteiger partial charge is 2.00 e. The molecular formula is C8H12CuN4O4. The van der Waals surface area contributed by atoms with Crippen LogP contribution in [0.2, 0.25) is 0 Å². The second-order valence-electron chi connectivity index (χ2n) is 2.74. The van der Waals surface area contributed by atoms with E-state index in [1.54, 1.807) is 0 Å². The fourth-order valence-corrected chi connectivity index (χ4v) is 0.704. The van der Waals surface area contributed by atoms with Crippen molar-refractivity contribution in [2.75, 3.05) is 6.54 Å². The van der Waals surface area contributed by atoms with E-state index in [4.69, 9.17) is 21.7 Å². The summed E-state index contributed by atoms with van der Waals surface area (Å²) in [5.74, 6) is -2.19. The van der Waals surface area contributed by atoms with Crippen LogP contribution in [0.5, 0.6) is 0 Å². The fraction of sp³-hybridized carbons (Fsp3) is 0.375. The van der Waals surface area contributed by atoms with Gasteiger partial charge in [0.2, 0.25) is 0 Å². The Hall–Kier alpha value is -1.41. The number of carboxylic acids is 2. The Morgan fingerprint density at radius 2 is 2.00 bits per heavy atom. The maximum atomic E-state index is 10.2. The number of nitrogens with zero attached hydrogens (tertiary/aromatic N) is 1. The Balaban J connectivity index is 0. The van der Waals surface area contributed by atoms with Gasteiger partial charge in [0, 0.05) is 11.9 Å². The molecule has 0 aromatic carbocycles. The zero-order valence-corrected chi connectivity index (χ0v) is 9.55. The first kappa shape index (κ1) is 18.0. The van der Waals surface area contributed by atoms with Gasteiger partial charge in [0.15, 0.2) is 0 Å². The monoisotopic (exact) mass is 291 g/mol. The summed E-state index contributed by atoms with van der Waals surface area (Å²) >= 11 is 0. The third kappa shape index (κ3) is 9.51. The Labute approximate surface area is 108 Å². The number of hydrogen-bond donors (Lipinski definition) is 3. The van der Waals surface area contributed by atoms with Crippen molar-refractivity contribution in [3.05, 3.63) is 29.7 Å². The Kier molecular flexibility index (Phi) is 10.3. The summed E-state index contributed by atoms with van der Waals surface area (Å²) in [5.41, 5.74) is 13.8. The second kappa shape index (κ2) is 9.79. The number of H-pyrrole nitrogens is 1. The van der Waals surface area contributed by atoms with Crippen LogP contribution < -0.4 is 0 Å². The van der Waals surface area contributed by atoms with Crippen LogP contribution in [0.3, 0.4) is 0 Å². The number of aromatic nitrogens is 2. The molecule has 9 heteroatoms. The molecule has 0 aliphatic carbocycles. The van der Waals surface area contributed by atoms with Gasteiger partial charge >= 0.3 is 17.1 Å². The molecule has 1 aromatic rings. The Morgan fingerprint density at radius 1 is 1.47 bits per heavy atom. The van der Waals surface area contributed by atoms with Gasteiger partial charge < -0.3 is 26.7 Å². The minimum absolute atomic E-state index is 0. The van der Waals surface area contributed by atoms with E-state index >= 15 is 0 Å². The summed E-state index contributed by atoms with van der Waals surface area (Å²) in [7, 11) is 0. The van der Waals surface area contributed by atoms with Crippen LogP contribution in [0.25, 0.3) is 11.5 Å². The zero-order chi connectivity index (χ0) is 12.6. The summed E-state index contributed by atoms with van der Waals surface area (Å²) in [5, 5.41) is 15.9. The second-order valence-corrected chi connectivity index (χ2v) is 2.74. The normalized spacial score (nSPS) is 10.5. The zero-order valence-electron chi connectivity index (χ0n) is 8.61. The van der Waals surface area contributed by atoms with Gasteiger partial charge in [0.1, 0.15) is 0 Å². The molecule has 5 N–H and O–H groups in total. The number of nitrogens with one attached hydrogen (secondary N) is 3. The summed E-state index contributed by atoms with van der Waals surface area (Å²) in [4.78, 5) is 25.8. The van der Waals surface area contributed by atoms with Gasteiger partial charge in [-0.05, 0) is 12.5 Å². The molecular weight excluding hydrogens is 280 g/mol. The van der Waals surface area contributed by atoms with Gasteiger partial charge in [-0.15, -0.1) is 0 Å². The van der Waals surface area contributed by atoms with E-state index in [-0.39, 0.29) is 23.5 Å². The number of carbonyl (C=O) groups is 2. The van der Waals surface area contributed by atoms with E-state index in [9.17, 15) is 9.59 Å². The summed E-state index contributed by atoms with van der Waals surface area (Å²) in [6.45, 7) is -0.528. The summed E-state index contributed by atoms with van der Waals surface area (Å²) in [6.07, 6.45) is 3.16. The number of aliphatic carboxylic acids is 2. The van der Waals surface area contributed by atoms with Crippen LogP contribution in [-0.4, -0.2) is 44.7 Å². The van der Waals surface area contributed by atoms with E-state index in [2.05, 4.69) is 9.97 Å². The van der Waals surface area contributed by atoms with Crippen LogP contribution >= 0.6 is 0 Å². The molecule has 99 valence electrons. The van der Waals surface area contributed by atoms with Crippen LogP contribution in [0.1, 0.15) is 5.69 Å².